The Morgan fingerprint density at radius 2 is 1.50 bits per heavy atom. The molecule has 0 saturated carbocycles. The van der Waals surface area contributed by atoms with Crippen molar-refractivity contribution in [3.8, 4) is 0 Å². The molecule has 0 unspecified atom stereocenters. The van der Waals surface area contributed by atoms with Gasteiger partial charge in [-0.2, -0.15) is 0 Å². The van der Waals surface area contributed by atoms with Gasteiger partial charge in [0.15, 0.2) is 0 Å². The predicted octanol–water partition coefficient (Wildman–Crippen LogP) is 3.45. The van der Waals surface area contributed by atoms with Crippen LogP contribution in [0.2, 0.25) is 5.04 Å². The number of rotatable bonds is 9. The summed E-state index contributed by atoms with van der Waals surface area (Å²) >= 11 is 0. The van der Waals surface area contributed by atoms with Crippen LogP contribution in [-0.2, 0) is 9.16 Å². The quantitative estimate of drug-likeness (QED) is 0.599. The Kier molecular flexibility index (Phi) is 8.64. The zero-order valence-corrected chi connectivity index (χ0v) is 19.7. The van der Waals surface area contributed by atoms with E-state index in [9.17, 15) is 9.90 Å². The molecule has 164 valence electrons. The van der Waals surface area contributed by atoms with Gasteiger partial charge in [-0.3, -0.25) is 0 Å². The van der Waals surface area contributed by atoms with Crippen molar-refractivity contribution in [3.05, 3.63) is 60.7 Å². The van der Waals surface area contributed by atoms with E-state index in [-0.39, 0.29) is 24.3 Å². The summed E-state index contributed by atoms with van der Waals surface area (Å²) in [6.07, 6.45) is -0.470. The molecule has 2 aromatic rings. The second kappa shape index (κ2) is 10.7. The molecule has 1 atom stereocenters. The molecular formula is C24H35NO4Si. The van der Waals surface area contributed by atoms with Crippen LogP contribution in [0.15, 0.2) is 60.7 Å². The van der Waals surface area contributed by atoms with Gasteiger partial charge >= 0.3 is 6.09 Å². The second-order valence-electron chi connectivity index (χ2n) is 8.81. The van der Waals surface area contributed by atoms with Gasteiger partial charge in [0.2, 0.25) is 0 Å². The highest BCUT2D eigenvalue weighted by atomic mass is 28.4. The lowest BCUT2D eigenvalue weighted by molar-refractivity contribution is 0.0727. The van der Waals surface area contributed by atoms with Crippen LogP contribution in [0.4, 0.5) is 4.79 Å². The first-order chi connectivity index (χ1) is 14.2. The Morgan fingerprint density at radius 3 is 1.90 bits per heavy atom. The number of carbonyl (C=O) groups is 1. The van der Waals surface area contributed by atoms with Crippen LogP contribution in [0, 0.1) is 0 Å². The number of aliphatic hydroxyl groups excluding tert-OH is 1. The average molecular weight is 430 g/mol. The normalized spacial score (nSPS) is 13.2. The summed E-state index contributed by atoms with van der Waals surface area (Å²) < 4.78 is 12.1. The van der Waals surface area contributed by atoms with E-state index in [1.54, 1.807) is 0 Å². The van der Waals surface area contributed by atoms with Crippen molar-refractivity contribution in [1.82, 2.24) is 5.32 Å². The minimum atomic E-state index is -2.75. The fourth-order valence-electron chi connectivity index (χ4n) is 3.69. The number of hydrogen-bond donors (Lipinski definition) is 2. The van der Waals surface area contributed by atoms with E-state index < -0.39 is 20.5 Å². The second-order valence-corrected chi connectivity index (χ2v) is 13.1. The number of ether oxygens (including phenoxy) is 1. The van der Waals surface area contributed by atoms with Gasteiger partial charge < -0.3 is 19.6 Å². The Bertz CT molecular complexity index is 735. The lowest BCUT2D eigenvalue weighted by Gasteiger charge is -2.45. The van der Waals surface area contributed by atoms with Gasteiger partial charge in [-0.15, -0.1) is 0 Å². The maximum Gasteiger partial charge on any atom is 0.407 e. The van der Waals surface area contributed by atoms with E-state index in [1.807, 2.05) is 50.2 Å². The Hall–Kier alpha value is -2.15. The number of amides is 1. The number of alkyl carbamates (subject to hydrolysis) is 1. The molecule has 0 aliphatic carbocycles. The molecule has 0 fully saturated rings. The van der Waals surface area contributed by atoms with Gasteiger partial charge in [0, 0.05) is 12.5 Å². The summed E-state index contributed by atoms with van der Waals surface area (Å²) in [6.45, 7) is 10.4. The SMILES string of the molecule is CC(C)NC(=O)OCC[C@@H](CO)O[Si](c1ccccc1)(c1ccccc1)C(C)(C)C. The number of hydrogen-bond acceptors (Lipinski definition) is 4. The van der Waals surface area contributed by atoms with Crippen LogP contribution in [-0.4, -0.2) is 44.9 Å². The minimum absolute atomic E-state index is 0.0134. The molecule has 0 spiro atoms. The maximum absolute atomic E-state index is 11.8. The largest absolute Gasteiger partial charge is 0.449 e. The van der Waals surface area contributed by atoms with Crippen molar-refractivity contribution in [2.24, 2.45) is 0 Å². The van der Waals surface area contributed by atoms with Gasteiger partial charge in [-0.1, -0.05) is 81.4 Å². The summed E-state index contributed by atoms with van der Waals surface area (Å²) in [7, 11) is -2.75. The van der Waals surface area contributed by atoms with Gasteiger partial charge in [0.1, 0.15) is 0 Å². The maximum atomic E-state index is 11.8. The predicted molar refractivity (Wildman–Crippen MR) is 124 cm³/mol. The van der Waals surface area contributed by atoms with Crippen LogP contribution in [0.5, 0.6) is 0 Å². The van der Waals surface area contributed by atoms with Crippen LogP contribution in [0.1, 0.15) is 41.0 Å². The fourth-order valence-corrected chi connectivity index (χ4v) is 8.40. The standard InChI is InChI=1S/C24H35NO4Si/c1-19(2)25-23(27)28-17-16-20(18-26)29-30(24(3,4)5,21-12-8-6-9-13-21)22-14-10-7-11-15-22/h6-15,19-20,26H,16-18H2,1-5H3,(H,25,27)/t20-/m0/s1. The van der Waals surface area contributed by atoms with Crippen LogP contribution >= 0.6 is 0 Å². The molecule has 2 aromatic carbocycles. The van der Waals surface area contributed by atoms with Crippen molar-refractivity contribution in [1.29, 1.82) is 0 Å². The summed E-state index contributed by atoms with van der Waals surface area (Å²) in [5.41, 5.74) is 0. The molecule has 6 heteroatoms. The molecule has 0 aliphatic heterocycles. The van der Waals surface area contributed by atoms with E-state index in [1.165, 1.54) is 0 Å². The topological polar surface area (TPSA) is 67.8 Å². The van der Waals surface area contributed by atoms with Crippen molar-refractivity contribution < 1.29 is 19.1 Å². The number of carbonyl (C=O) groups excluding carboxylic acids is 1. The smallest absolute Gasteiger partial charge is 0.407 e. The van der Waals surface area contributed by atoms with Crippen LogP contribution in [0.25, 0.3) is 0 Å². The summed E-state index contributed by atoms with van der Waals surface area (Å²) in [6, 6.07) is 20.6. The molecule has 2 rings (SSSR count). The van der Waals surface area contributed by atoms with Crippen molar-refractivity contribution >= 4 is 24.8 Å². The molecule has 2 N–H and O–H groups in total. The first-order valence-corrected chi connectivity index (χ1v) is 12.4. The number of benzene rings is 2. The van der Waals surface area contributed by atoms with Gasteiger partial charge in [-0.05, 0) is 29.3 Å². The summed E-state index contributed by atoms with van der Waals surface area (Å²) in [5, 5.41) is 14.9. The first kappa shape index (κ1) is 24.1. The third-order valence-corrected chi connectivity index (χ3v) is 10.1. The zero-order valence-electron chi connectivity index (χ0n) is 18.7. The van der Waals surface area contributed by atoms with Gasteiger partial charge in [0.05, 0.1) is 19.3 Å². The summed E-state index contributed by atoms with van der Waals surface area (Å²) in [5.74, 6) is 0. The highest BCUT2D eigenvalue weighted by molar-refractivity contribution is 6.99. The van der Waals surface area contributed by atoms with Crippen LogP contribution < -0.4 is 15.7 Å². The van der Waals surface area contributed by atoms with Crippen LogP contribution in [0.3, 0.4) is 0 Å². The van der Waals surface area contributed by atoms with Gasteiger partial charge in [-0.25, -0.2) is 4.79 Å². The Labute approximate surface area is 181 Å². The first-order valence-electron chi connectivity index (χ1n) is 10.5. The highest BCUT2D eigenvalue weighted by Crippen LogP contribution is 2.37. The molecule has 0 radical (unpaired) electrons. The van der Waals surface area contributed by atoms with E-state index in [2.05, 4.69) is 50.4 Å². The average Bonchev–Trinajstić information content (AvgIpc) is 2.70. The molecule has 0 saturated heterocycles. The van der Waals surface area contributed by atoms with E-state index in [0.717, 1.165) is 10.4 Å². The van der Waals surface area contributed by atoms with Gasteiger partial charge in [0.25, 0.3) is 8.32 Å². The minimum Gasteiger partial charge on any atom is -0.449 e. The molecule has 30 heavy (non-hydrogen) atoms. The third kappa shape index (κ3) is 5.94. The Balaban J connectivity index is 2.33. The molecule has 1 amide bonds. The molecule has 0 aliphatic rings. The highest BCUT2D eigenvalue weighted by Gasteiger charge is 2.51. The number of aliphatic hydroxyl groups is 1. The monoisotopic (exact) mass is 429 g/mol. The molecule has 0 aromatic heterocycles. The number of nitrogens with one attached hydrogen (secondary N) is 1. The van der Waals surface area contributed by atoms with Crippen molar-refractivity contribution in [3.63, 3.8) is 0 Å². The Morgan fingerprint density at radius 1 is 1.00 bits per heavy atom. The fraction of sp³-hybridized carbons (Fsp3) is 0.458. The molecule has 5 nitrogen and oxygen atoms in total. The van der Waals surface area contributed by atoms with E-state index >= 15 is 0 Å². The zero-order chi connectivity index (χ0) is 22.2. The molecule has 0 heterocycles. The lowest BCUT2D eigenvalue weighted by atomic mass is 10.2. The third-order valence-electron chi connectivity index (χ3n) is 5.04. The summed E-state index contributed by atoms with van der Waals surface area (Å²) in [4.78, 5) is 11.8. The van der Waals surface area contributed by atoms with Crippen molar-refractivity contribution in [2.75, 3.05) is 13.2 Å². The van der Waals surface area contributed by atoms with Crippen molar-refractivity contribution in [2.45, 2.75) is 58.2 Å². The molecular weight excluding hydrogens is 394 g/mol. The van der Waals surface area contributed by atoms with E-state index in [4.69, 9.17) is 9.16 Å². The molecule has 0 bridgehead atoms. The lowest BCUT2D eigenvalue weighted by Crippen LogP contribution is -2.68. The van der Waals surface area contributed by atoms with E-state index in [0.29, 0.717) is 6.42 Å².